The van der Waals surface area contributed by atoms with E-state index < -0.39 is 0 Å². The first-order valence-corrected chi connectivity index (χ1v) is 13.3. The fourth-order valence-electron chi connectivity index (χ4n) is 4.24. The number of benzene rings is 3. The van der Waals surface area contributed by atoms with E-state index in [4.69, 9.17) is 14.2 Å². The number of piperidine rings is 1. The number of rotatable bonds is 12. The maximum Gasteiger partial charge on any atom is 0.119 e. The van der Waals surface area contributed by atoms with E-state index in [9.17, 15) is 0 Å². The van der Waals surface area contributed by atoms with Gasteiger partial charge in [-0.15, -0.1) is 11.8 Å². The zero-order chi connectivity index (χ0) is 23.4. The third-order valence-electron chi connectivity index (χ3n) is 6.17. The molecule has 1 saturated heterocycles. The maximum absolute atomic E-state index is 6.36. The Bertz CT molecular complexity index is 963. The predicted octanol–water partition coefficient (Wildman–Crippen LogP) is 6.06. The number of thioether (sulfide) groups is 1. The minimum atomic E-state index is 0.169. The Hall–Kier alpha value is -2.31. The van der Waals surface area contributed by atoms with E-state index in [1.165, 1.54) is 21.6 Å². The van der Waals surface area contributed by atoms with Gasteiger partial charge in [-0.3, -0.25) is 0 Å². The summed E-state index contributed by atoms with van der Waals surface area (Å²) >= 11 is 1.76. The molecule has 0 spiro atoms. The van der Waals surface area contributed by atoms with Gasteiger partial charge >= 0.3 is 0 Å². The third kappa shape index (κ3) is 7.60. The monoisotopic (exact) mass is 477 g/mol. The van der Waals surface area contributed by atoms with E-state index in [2.05, 4.69) is 72.2 Å². The van der Waals surface area contributed by atoms with Crippen LogP contribution in [0.3, 0.4) is 0 Å². The highest BCUT2D eigenvalue weighted by molar-refractivity contribution is 7.98. The molecule has 1 fully saturated rings. The maximum atomic E-state index is 6.36. The molecule has 4 nitrogen and oxygen atoms in total. The van der Waals surface area contributed by atoms with Crippen LogP contribution in [0.15, 0.2) is 83.8 Å². The number of nitrogens with one attached hydrogen (secondary N) is 1. The van der Waals surface area contributed by atoms with E-state index in [1.54, 1.807) is 11.8 Å². The molecule has 3 aromatic rings. The van der Waals surface area contributed by atoms with E-state index in [0.29, 0.717) is 32.3 Å². The Morgan fingerprint density at radius 1 is 0.853 bits per heavy atom. The van der Waals surface area contributed by atoms with E-state index >= 15 is 0 Å². The Morgan fingerprint density at radius 3 is 2.38 bits per heavy atom. The summed E-state index contributed by atoms with van der Waals surface area (Å²) in [6, 6.07) is 27.5. The fourth-order valence-corrected chi connectivity index (χ4v) is 4.65. The number of hydrogen-bond donors (Lipinski definition) is 1. The summed E-state index contributed by atoms with van der Waals surface area (Å²) in [4.78, 5) is 1.28. The molecule has 1 N–H and O–H groups in total. The van der Waals surface area contributed by atoms with Crippen LogP contribution in [0.25, 0.3) is 0 Å². The van der Waals surface area contributed by atoms with Gasteiger partial charge in [0.2, 0.25) is 0 Å². The van der Waals surface area contributed by atoms with Gasteiger partial charge < -0.3 is 19.5 Å². The number of ether oxygens (including phenoxy) is 3. The van der Waals surface area contributed by atoms with Gasteiger partial charge in [-0.1, -0.05) is 54.6 Å². The quantitative estimate of drug-likeness (QED) is 0.254. The van der Waals surface area contributed by atoms with Crippen molar-refractivity contribution >= 4 is 11.8 Å². The molecule has 4 rings (SSSR count). The molecule has 34 heavy (non-hydrogen) atoms. The normalized spacial score (nSPS) is 18.0. The van der Waals surface area contributed by atoms with Crippen molar-refractivity contribution in [3.05, 3.63) is 95.6 Å². The summed E-state index contributed by atoms with van der Waals surface area (Å²) in [5, 5.41) is 3.49. The first-order chi connectivity index (χ1) is 16.8. The lowest BCUT2D eigenvalue weighted by molar-refractivity contribution is 0.0106. The van der Waals surface area contributed by atoms with Gasteiger partial charge in [0.1, 0.15) is 5.75 Å². The molecular formula is C29H35NO3S. The zero-order valence-corrected chi connectivity index (χ0v) is 20.8. The number of hydrogen-bond acceptors (Lipinski definition) is 5. The van der Waals surface area contributed by atoms with Crippen molar-refractivity contribution in [2.24, 2.45) is 0 Å². The lowest BCUT2D eigenvalue weighted by Crippen LogP contribution is -2.40. The topological polar surface area (TPSA) is 39.7 Å². The van der Waals surface area contributed by atoms with Crippen LogP contribution >= 0.6 is 11.8 Å². The lowest BCUT2D eigenvalue weighted by atomic mass is 9.87. The molecular weight excluding hydrogens is 442 g/mol. The third-order valence-corrected chi connectivity index (χ3v) is 6.91. The summed E-state index contributed by atoms with van der Waals surface area (Å²) in [7, 11) is 0. The second kappa shape index (κ2) is 13.5. The molecule has 2 unspecified atom stereocenters. The first-order valence-electron chi connectivity index (χ1n) is 12.1. The molecule has 0 bridgehead atoms. The highest BCUT2D eigenvalue weighted by Gasteiger charge is 2.27. The van der Waals surface area contributed by atoms with Crippen LogP contribution in [-0.2, 0) is 22.7 Å². The summed E-state index contributed by atoms with van der Waals surface area (Å²) < 4.78 is 18.0. The summed E-state index contributed by atoms with van der Waals surface area (Å²) in [5.74, 6) is 1.30. The second-order valence-corrected chi connectivity index (χ2v) is 9.49. The lowest BCUT2D eigenvalue weighted by Gasteiger charge is -2.32. The molecule has 5 heteroatoms. The Kier molecular flexibility index (Phi) is 9.88. The van der Waals surface area contributed by atoms with Crippen molar-refractivity contribution in [2.45, 2.75) is 43.0 Å². The van der Waals surface area contributed by atoms with Crippen molar-refractivity contribution in [1.82, 2.24) is 5.32 Å². The fraction of sp³-hybridized carbons (Fsp3) is 0.379. The van der Waals surface area contributed by atoms with Crippen molar-refractivity contribution in [2.75, 3.05) is 32.6 Å². The van der Waals surface area contributed by atoms with Crippen molar-refractivity contribution < 1.29 is 14.2 Å². The Balaban J connectivity index is 1.21. The SMILES string of the molecule is CSc1ccc(COC2CNCCC2c2ccc(OCCCOCc3ccccc3)cc2)cc1. The molecule has 180 valence electrons. The van der Waals surface area contributed by atoms with Gasteiger partial charge in [0.25, 0.3) is 0 Å². The Labute approximate surface area is 208 Å². The van der Waals surface area contributed by atoms with Gasteiger partial charge in [0, 0.05) is 23.8 Å². The van der Waals surface area contributed by atoms with Gasteiger partial charge in [-0.2, -0.15) is 0 Å². The Morgan fingerprint density at radius 2 is 1.62 bits per heavy atom. The van der Waals surface area contributed by atoms with Crippen LogP contribution in [0.1, 0.15) is 35.4 Å². The van der Waals surface area contributed by atoms with Crippen molar-refractivity contribution in [3.8, 4) is 5.75 Å². The molecule has 0 aliphatic carbocycles. The molecule has 2 atom stereocenters. The summed E-state index contributed by atoms with van der Waals surface area (Å²) in [6.07, 6.45) is 4.22. The van der Waals surface area contributed by atoms with E-state index in [-0.39, 0.29) is 6.10 Å². The molecule has 0 saturated carbocycles. The largest absolute Gasteiger partial charge is 0.494 e. The zero-order valence-electron chi connectivity index (χ0n) is 20.0. The van der Waals surface area contributed by atoms with E-state index in [1.807, 2.05) is 18.2 Å². The van der Waals surface area contributed by atoms with Crippen LogP contribution in [0, 0.1) is 0 Å². The van der Waals surface area contributed by atoms with Crippen LogP contribution in [0.5, 0.6) is 5.75 Å². The van der Waals surface area contributed by atoms with Crippen molar-refractivity contribution in [1.29, 1.82) is 0 Å². The highest BCUT2D eigenvalue weighted by atomic mass is 32.2. The minimum absolute atomic E-state index is 0.169. The molecule has 0 radical (unpaired) electrons. The molecule has 1 aliphatic rings. The first kappa shape index (κ1) is 24.8. The molecule has 0 aromatic heterocycles. The van der Waals surface area contributed by atoms with Crippen LogP contribution in [0.2, 0.25) is 0 Å². The molecule has 3 aromatic carbocycles. The molecule has 1 heterocycles. The minimum Gasteiger partial charge on any atom is -0.494 e. The van der Waals surface area contributed by atoms with Crippen LogP contribution < -0.4 is 10.1 Å². The van der Waals surface area contributed by atoms with Crippen molar-refractivity contribution in [3.63, 3.8) is 0 Å². The van der Waals surface area contributed by atoms with Gasteiger partial charge in [-0.25, -0.2) is 0 Å². The van der Waals surface area contributed by atoms with Gasteiger partial charge in [-0.05, 0) is 60.2 Å². The highest BCUT2D eigenvalue weighted by Crippen LogP contribution is 2.30. The smallest absolute Gasteiger partial charge is 0.119 e. The summed E-state index contributed by atoms with van der Waals surface area (Å²) in [5.41, 5.74) is 3.74. The second-order valence-electron chi connectivity index (χ2n) is 8.61. The van der Waals surface area contributed by atoms with Gasteiger partial charge in [0.05, 0.1) is 32.5 Å². The summed E-state index contributed by atoms with van der Waals surface area (Å²) in [6.45, 7) is 4.55. The van der Waals surface area contributed by atoms with Gasteiger partial charge in [0.15, 0.2) is 0 Å². The molecule has 1 aliphatic heterocycles. The predicted molar refractivity (Wildman–Crippen MR) is 140 cm³/mol. The van der Waals surface area contributed by atoms with Crippen LogP contribution in [-0.4, -0.2) is 38.7 Å². The van der Waals surface area contributed by atoms with Crippen LogP contribution in [0.4, 0.5) is 0 Å². The average Bonchev–Trinajstić information content (AvgIpc) is 2.91. The average molecular weight is 478 g/mol. The van der Waals surface area contributed by atoms with E-state index in [0.717, 1.165) is 31.7 Å². The molecule has 0 amide bonds. The standard InChI is InChI=1S/C29H35NO3S/c1-34-27-14-8-24(9-15-27)22-33-29-20-30-17-16-28(29)25-10-12-26(13-11-25)32-19-5-18-31-21-23-6-3-2-4-7-23/h2-4,6-15,28-30H,5,16-22H2,1H3.